The van der Waals surface area contributed by atoms with Crippen LogP contribution < -0.4 is 5.32 Å². The topological polar surface area (TPSA) is 42.0 Å². The molecule has 0 spiro atoms. The third-order valence-electron chi connectivity index (χ3n) is 3.05. The Kier molecular flexibility index (Phi) is 5.61. The van der Waals surface area contributed by atoms with E-state index in [-0.39, 0.29) is 11.3 Å². The van der Waals surface area contributed by atoms with Crippen LogP contribution in [-0.2, 0) is 5.75 Å². The largest absolute Gasteiger partial charge is 0.351 e. The molecule has 1 heterocycles. The van der Waals surface area contributed by atoms with Gasteiger partial charge in [0, 0.05) is 29.6 Å². The standard InChI is InChI=1S/C18H22N2OS/c1-18(2,3)13-20-17(21)15-6-4-5-7-16(15)22-12-14-8-10-19-11-9-14/h4-11H,12-13H2,1-3H3,(H,20,21). The van der Waals surface area contributed by atoms with Crippen LogP contribution in [0.1, 0.15) is 36.7 Å². The van der Waals surface area contributed by atoms with Crippen molar-refractivity contribution in [1.29, 1.82) is 0 Å². The van der Waals surface area contributed by atoms with E-state index in [2.05, 4.69) is 31.1 Å². The van der Waals surface area contributed by atoms with Crippen molar-refractivity contribution in [2.24, 2.45) is 5.41 Å². The molecule has 0 fully saturated rings. The molecule has 3 nitrogen and oxygen atoms in total. The van der Waals surface area contributed by atoms with Crippen molar-refractivity contribution in [3.8, 4) is 0 Å². The molecule has 0 aliphatic carbocycles. The molecule has 1 amide bonds. The van der Waals surface area contributed by atoms with Crippen LogP contribution in [-0.4, -0.2) is 17.4 Å². The molecule has 0 saturated heterocycles. The Labute approximate surface area is 136 Å². The molecule has 4 heteroatoms. The summed E-state index contributed by atoms with van der Waals surface area (Å²) < 4.78 is 0. The number of thioether (sulfide) groups is 1. The molecule has 1 N–H and O–H groups in total. The third kappa shape index (κ3) is 5.19. The highest BCUT2D eigenvalue weighted by molar-refractivity contribution is 7.98. The van der Waals surface area contributed by atoms with Gasteiger partial charge in [0.15, 0.2) is 0 Å². The van der Waals surface area contributed by atoms with Gasteiger partial charge in [-0.3, -0.25) is 9.78 Å². The minimum Gasteiger partial charge on any atom is -0.351 e. The molecule has 0 bridgehead atoms. The summed E-state index contributed by atoms with van der Waals surface area (Å²) in [6, 6.07) is 11.7. The normalized spacial score (nSPS) is 11.2. The van der Waals surface area contributed by atoms with Crippen LogP contribution in [0.15, 0.2) is 53.7 Å². The van der Waals surface area contributed by atoms with E-state index in [1.165, 1.54) is 5.56 Å². The number of nitrogens with one attached hydrogen (secondary N) is 1. The molecule has 1 aromatic carbocycles. The van der Waals surface area contributed by atoms with Crippen molar-refractivity contribution in [2.45, 2.75) is 31.4 Å². The summed E-state index contributed by atoms with van der Waals surface area (Å²) in [5, 5.41) is 3.02. The molecule has 22 heavy (non-hydrogen) atoms. The van der Waals surface area contributed by atoms with Gasteiger partial charge in [0.25, 0.3) is 5.91 Å². The lowest BCUT2D eigenvalue weighted by Gasteiger charge is -2.19. The monoisotopic (exact) mass is 314 g/mol. The third-order valence-corrected chi connectivity index (χ3v) is 4.20. The first kappa shape index (κ1) is 16.6. The Morgan fingerprint density at radius 3 is 2.50 bits per heavy atom. The van der Waals surface area contributed by atoms with Gasteiger partial charge in [-0.15, -0.1) is 11.8 Å². The van der Waals surface area contributed by atoms with Gasteiger partial charge in [-0.05, 0) is 35.2 Å². The second-order valence-electron chi connectivity index (χ2n) is 6.38. The van der Waals surface area contributed by atoms with Gasteiger partial charge in [-0.25, -0.2) is 0 Å². The van der Waals surface area contributed by atoms with Gasteiger partial charge < -0.3 is 5.32 Å². The maximum atomic E-state index is 12.4. The molecule has 1 aromatic heterocycles. The lowest BCUT2D eigenvalue weighted by Crippen LogP contribution is -2.32. The molecular formula is C18H22N2OS. The maximum absolute atomic E-state index is 12.4. The Balaban J connectivity index is 2.05. The Morgan fingerprint density at radius 2 is 1.82 bits per heavy atom. The zero-order valence-corrected chi connectivity index (χ0v) is 14.1. The fourth-order valence-corrected chi connectivity index (χ4v) is 2.87. The van der Waals surface area contributed by atoms with Crippen molar-refractivity contribution < 1.29 is 4.79 Å². The number of hydrogen-bond acceptors (Lipinski definition) is 3. The van der Waals surface area contributed by atoms with Gasteiger partial charge >= 0.3 is 0 Å². The second-order valence-corrected chi connectivity index (χ2v) is 7.40. The predicted molar refractivity (Wildman–Crippen MR) is 92.0 cm³/mol. The number of carbonyl (C=O) groups is 1. The Morgan fingerprint density at radius 1 is 1.14 bits per heavy atom. The summed E-state index contributed by atoms with van der Waals surface area (Å²) in [4.78, 5) is 17.4. The van der Waals surface area contributed by atoms with Crippen molar-refractivity contribution in [2.75, 3.05) is 6.54 Å². The van der Waals surface area contributed by atoms with E-state index in [9.17, 15) is 4.79 Å². The van der Waals surface area contributed by atoms with Crippen LogP contribution in [0, 0.1) is 5.41 Å². The van der Waals surface area contributed by atoms with Gasteiger partial charge in [-0.2, -0.15) is 0 Å². The fourth-order valence-electron chi connectivity index (χ4n) is 1.86. The number of carbonyl (C=O) groups excluding carboxylic acids is 1. The highest BCUT2D eigenvalue weighted by Gasteiger charge is 2.15. The predicted octanol–water partition coefficient (Wildman–Crippen LogP) is 4.15. The first-order valence-corrected chi connectivity index (χ1v) is 8.33. The zero-order chi connectivity index (χ0) is 16.0. The van der Waals surface area contributed by atoms with Crippen LogP contribution in [0.25, 0.3) is 0 Å². The molecule has 2 aromatic rings. The summed E-state index contributed by atoms with van der Waals surface area (Å²) in [6.07, 6.45) is 3.58. The number of rotatable bonds is 5. The van der Waals surface area contributed by atoms with Crippen molar-refractivity contribution in [3.05, 3.63) is 59.9 Å². The molecule has 0 radical (unpaired) electrons. The van der Waals surface area contributed by atoms with Crippen molar-refractivity contribution in [3.63, 3.8) is 0 Å². The molecule has 0 unspecified atom stereocenters. The number of pyridine rings is 1. The second kappa shape index (κ2) is 7.45. The quantitative estimate of drug-likeness (QED) is 0.843. The summed E-state index contributed by atoms with van der Waals surface area (Å²) in [7, 11) is 0. The molecule has 0 aliphatic heterocycles. The van der Waals surface area contributed by atoms with Crippen LogP contribution in [0.3, 0.4) is 0 Å². The van der Waals surface area contributed by atoms with Gasteiger partial charge in [0.1, 0.15) is 0 Å². The highest BCUT2D eigenvalue weighted by atomic mass is 32.2. The van der Waals surface area contributed by atoms with E-state index >= 15 is 0 Å². The summed E-state index contributed by atoms with van der Waals surface area (Å²) >= 11 is 1.67. The highest BCUT2D eigenvalue weighted by Crippen LogP contribution is 2.26. The number of hydrogen-bond donors (Lipinski definition) is 1. The molecular weight excluding hydrogens is 292 g/mol. The first-order chi connectivity index (χ1) is 10.5. The smallest absolute Gasteiger partial charge is 0.252 e. The van der Waals surface area contributed by atoms with E-state index < -0.39 is 0 Å². The first-order valence-electron chi connectivity index (χ1n) is 7.35. The summed E-state index contributed by atoms with van der Waals surface area (Å²) in [6.45, 7) is 6.99. The minimum atomic E-state index is -0.00671. The lowest BCUT2D eigenvalue weighted by atomic mass is 9.97. The maximum Gasteiger partial charge on any atom is 0.252 e. The number of amides is 1. The minimum absolute atomic E-state index is 0.00671. The molecule has 116 valence electrons. The van der Waals surface area contributed by atoms with Gasteiger partial charge in [-0.1, -0.05) is 32.9 Å². The van der Waals surface area contributed by atoms with E-state index in [0.29, 0.717) is 6.54 Å². The SMILES string of the molecule is CC(C)(C)CNC(=O)c1ccccc1SCc1ccncc1. The number of nitrogens with zero attached hydrogens (tertiary/aromatic N) is 1. The fraction of sp³-hybridized carbons (Fsp3) is 0.333. The summed E-state index contributed by atoms with van der Waals surface area (Å²) in [5.74, 6) is 0.819. The molecule has 0 atom stereocenters. The molecule has 2 rings (SSSR count). The van der Waals surface area contributed by atoms with E-state index in [1.807, 2.05) is 36.4 Å². The van der Waals surface area contributed by atoms with E-state index in [1.54, 1.807) is 24.2 Å². The Hall–Kier alpha value is -1.81. The van der Waals surface area contributed by atoms with Crippen LogP contribution >= 0.6 is 11.8 Å². The van der Waals surface area contributed by atoms with E-state index in [0.717, 1.165) is 16.2 Å². The van der Waals surface area contributed by atoms with Crippen molar-refractivity contribution >= 4 is 17.7 Å². The van der Waals surface area contributed by atoms with Crippen LogP contribution in [0.5, 0.6) is 0 Å². The van der Waals surface area contributed by atoms with Crippen molar-refractivity contribution in [1.82, 2.24) is 10.3 Å². The van der Waals surface area contributed by atoms with E-state index in [4.69, 9.17) is 0 Å². The number of aromatic nitrogens is 1. The average molecular weight is 314 g/mol. The number of benzene rings is 1. The molecule has 0 saturated carbocycles. The van der Waals surface area contributed by atoms with Crippen LogP contribution in [0.4, 0.5) is 0 Å². The lowest BCUT2D eigenvalue weighted by molar-refractivity contribution is 0.0936. The Bertz CT molecular complexity index is 620. The average Bonchev–Trinajstić information content (AvgIpc) is 2.51. The van der Waals surface area contributed by atoms with Crippen LogP contribution in [0.2, 0.25) is 0 Å². The zero-order valence-electron chi connectivity index (χ0n) is 13.3. The molecule has 0 aliphatic rings. The van der Waals surface area contributed by atoms with Gasteiger partial charge in [0.2, 0.25) is 0 Å². The van der Waals surface area contributed by atoms with Gasteiger partial charge in [0.05, 0.1) is 5.56 Å². The summed E-state index contributed by atoms with van der Waals surface area (Å²) in [5.41, 5.74) is 2.02.